The molecule has 2 aromatic rings. The van der Waals surface area contributed by atoms with Crippen LogP contribution in [0.1, 0.15) is 16.7 Å². The lowest BCUT2D eigenvalue weighted by atomic mass is 10.1. The van der Waals surface area contributed by atoms with E-state index >= 15 is 0 Å². The zero-order valence-electron chi connectivity index (χ0n) is 12.0. The smallest absolute Gasteiger partial charge is 0.172 e. The van der Waals surface area contributed by atoms with Gasteiger partial charge in [0.1, 0.15) is 0 Å². The quantitative estimate of drug-likeness (QED) is 0.394. The third-order valence-corrected chi connectivity index (χ3v) is 3.67. The van der Waals surface area contributed by atoms with Crippen molar-refractivity contribution in [2.75, 3.05) is 11.9 Å². The molecule has 0 aliphatic rings. The van der Waals surface area contributed by atoms with Crippen molar-refractivity contribution in [2.24, 2.45) is 10.9 Å². The summed E-state index contributed by atoms with van der Waals surface area (Å²) < 4.78 is 0. The minimum atomic E-state index is 0.0902. The average Bonchev–Trinajstić information content (AvgIpc) is 2.49. The molecule has 0 heterocycles. The number of hydrogen-bond donors (Lipinski definition) is 2. The molecule has 0 unspecified atom stereocenters. The summed E-state index contributed by atoms with van der Waals surface area (Å²) in [7, 11) is 1.94. The molecule has 0 fully saturated rings. The van der Waals surface area contributed by atoms with Gasteiger partial charge in [0.05, 0.1) is 0 Å². The molecule has 0 aliphatic heterocycles. The first-order valence-corrected chi connectivity index (χ1v) is 6.94. The Bertz CT molecular complexity index is 670. The first-order valence-electron chi connectivity index (χ1n) is 6.56. The summed E-state index contributed by atoms with van der Waals surface area (Å²) in [4.78, 5) is 2.02. The maximum absolute atomic E-state index is 8.88. The standard InChI is InChI=1S/C16H18ClN3O/c1-11-7-8-12(14(17)9-11)10-20(2)15-6-4-3-5-13(15)16(18)19-21/h3-9,21H,10H2,1-2H3,(H2,18,19). The van der Waals surface area contributed by atoms with Gasteiger partial charge in [-0.2, -0.15) is 0 Å². The maximum Gasteiger partial charge on any atom is 0.172 e. The van der Waals surface area contributed by atoms with Crippen molar-refractivity contribution in [3.63, 3.8) is 0 Å². The largest absolute Gasteiger partial charge is 0.409 e. The van der Waals surface area contributed by atoms with Gasteiger partial charge in [-0.3, -0.25) is 0 Å². The highest BCUT2D eigenvalue weighted by Gasteiger charge is 2.12. The van der Waals surface area contributed by atoms with Gasteiger partial charge in [-0.05, 0) is 36.2 Å². The predicted molar refractivity (Wildman–Crippen MR) is 87.2 cm³/mol. The molecule has 0 aromatic heterocycles. The Morgan fingerprint density at radius 1 is 1.29 bits per heavy atom. The van der Waals surface area contributed by atoms with E-state index in [-0.39, 0.29) is 5.84 Å². The molecule has 0 aliphatic carbocycles. The van der Waals surface area contributed by atoms with Crippen LogP contribution in [0.15, 0.2) is 47.6 Å². The van der Waals surface area contributed by atoms with E-state index < -0.39 is 0 Å². The van der Waals surface area contributed by atoms with Gasteiger partial charge in [-0.25, -0.2) is 0 Å². The van der Waals surface area contributed by atoms with Gasteiger partial charge in [0.2, 0.25) is 0 Å². The molecule has 110 valence electrons. The molecule has 0 spiro atoms. The zero-order valence-corrected chi connectivity index (χ0v) is 12.8. The van der Waals surface area contributed by atoms with Gasteiger partial charge in [0.15, 0.2) is 5.84 Å². The van der Waals surface area contributed by atoms with Crippen LogP contribution in [0, 0.1) is 6.92 Å². The van der Waals surface area contributed by atoms with Crippen LogP contribution in [0.4, 0.5) is 5.69 Å². The molecule has 3 N–H and O–H groups in total. The summed E-state index contributed by atoms with van der Waals surface area (Å²) >= 11 is 6.28. The van der Waals surface area contributed by atoms with Crippen molar-refractivity contribution in [3.8, 4) is 0 Å². The van der Waals surface area contributed by atoms with Crippen molar-refractivity contribution in [1.29, 1.82) is 0 Å². The molecule has 5 heteroatoms. The fourth-order valence-electron chi connectivity index (χ4n) is 2.20. The molecule has 2 rings (SSSR count). The number of nitrogens with zero attached hydrogens (tertiary/aromatic N) is 2. The maximum atomic E-state index is 8.88. The Labute approximate surface area is 129 Å². The third kappa shape index (κ3) is 3.47. The van der Waals surface area contributed by atoms with E-state index in [2.05, 4.69) is 5.16 Å². The second kappa shape index (κ2) is 6.50. The molecule has 0 saturated carbocycles. The molecule has 21 heavy (non-hydrogen) atoms. The normalized spacial score (nSPS) is 11.5. The van der Waals surface area contributed by atoms with Crippen LogP contribution in [0.3, 0.4) is 0 Å². The lowest BCUT2D eigenvalue weighted by Crippen LogP contribution is -2.22. The van der Waals surface area contributed by atoms with E-state index in [1.165, 1.54) is 0 Å². The summed E-state index contributed by atoms with van der Waals surface area (Å²) in [5, 5.41) is 12.7. The molecule has 0 radical (unpaired) electrons. The summed E-state index contributed by atoms with van der Waals surface area (Å²) in [6, 6.07) is 13.5. The van der Waals surface area contributed by atoms with Crippen molar-refractivity contribution in [2.45, 2.75) is 13.5 Å². The molecule has 2 aromatic carbocycles. The number of nitrogens with two attached hydrogens (primary N) is 1. The average molecular weight is 304 g/mol. The summed E-state index contributed by atoms with van der Waals surface area (Å²) in [5.74, 6) is 0.0902. The summed E-state index contributed by atoms with van der Waals surface area (Å²) in [6.45, 7) is 2.64. The van der Waals surface area contributed by atoms with Crippen LogP contribution in [0.2, 0.25) is 5.02 Å². The van der Waals surface area contributed by atoms with Crippen molar-refractivity contribution in [3.05, 3.63) is 64.2 Å². The van der Waals surface area contributed by atoms with Gasteiger partial charge >= 0.3 is 0 Å². The van der Waals surface area contributed by atoms with Gasteiger partial charge in [-0.15, -0.1) is 0 Å². The van der Waals surface area contributed by atoms with Gasteiger partial charge < -0.3 is 15.8 Å². The zero-order chi connectivity index (χ0) is 15.4. The fraction of sp³-hybridized carbons (Fsp3) is 0.188. The number of anilines is 1. The van der Waals surface area contributed by atoms with Crippen molar-refractivity contribution < 1.29 is 5.21 Å². The van der Waals surface area contributed by atoms with Gasteiger partial charge in [0, 0.05) is 29.9 Å². The Hall–Kier alpha value is -2.20. The highest BCUT2D eigenvalue weighted by atomic mass is 35.5. The Morgan fingerprint density at radius 2 is 2.00 bits per heavy atom. The number of amidine groups is 1. The van der Waals surface area contributed by atoms with Crippen LogP contribution in [0.5, 0.6) is 0 Å². The molecule has 0 bridgehead atoms. The van der Waals surface area contributed by atoms with Crippen LogP contribution >= 0.6 is 11.6 Å². The number of aryl methyl sites for hydroxylation is 1. The molecular formula is C16H18ClN3O. The lowest BCUT2D eigenvalue weighted by Gasteiger charge is -2.22. The van der Waals surface area contributed by atoms with E-state index in [0.29, 0.717) is 12.1 Å². The third-order valence-electron chi connectivity index (χ3n) is 3.32. The highest BCUT2D eigenvalue weighted by Crippen LogP contribution is 2.24. The van der Waals surface area contributed by atoms with Gasteiger partial charge in [-0.1, -0.05) is 41.0 Å². The monoisotopic (exact) mass is 303 g/mol. The number of hydrogen-bond acceptors (Lipinski definition) is 3. The highest BCUT2D eigenvalue weighted by molar-refractivity contribution is 6.31. The number of oxime groups is 1. The molecule has 0 atom stereocenters. The fourth-order valence-corrected chi connectivity index (χ4v) is 2.49. The van der Waals surface area contributed by atoms with E-state index in [9.17, 15) is 0 Å². The first-order chi connectivity index (χ1) is 10.0. The number of benzene rings is 2. The van der Waals surface area contributed by atoms with Crippen molar-refractivity contribution >= 4 is 23.1 Å². The summed E-state index contributed by atoms with van der Waals surface area (Å²) in [5.41, 5.74) is 9.44. The molecule has 0 amide bonds. The molecule has 4 nitrogen and oxygen atoms in total. The van der Waals surface area contributed by atoms with Crippen LogP contribution in [-0.2, 0) is 6.54 Å². The number of halogens is 1. The van der Waals surface area contributed by atoms with Gasteiger partial charge in [0.25, 0.3) is 0 Å². The lowest BCUT2D eigenvalue weighted by molar-refractivity contribution is 0.318. The SMILES string of the molecule is Cc1ccc(CN(C)c2ccccc2/C(N)=N/O)c(Cl)c1. The molecule has 0 saturated heterocycles. The predicted octanol–water partition coefficient (Wildman–Crippen LogP) is 3.38. The summed E-state index contributed by atoms with van der Waals surface area (Å²) in [6.07, 6.45) is 0. The van der Waals surface area contributed by atoms with Crippen LogP contribution < -0.4 is 10.6 Å². The van der Waals surface area contributed by atoms with Crippen LogP contribution in [-0.4, -0.2) is 18.1 Å². The van der Waals surface area contributed by atoms with E-state index in [1.807, 2.05) is 61.3 Å². The number of para-hydroxylation sites is 1. The van der Waals surface area contributed by atoms with E-state index in [4.69, 9.17) is 22.5 Å². The minimum absolute atomic E-state index is 0.0902. The first kappa shape index (κ1) is 15.2. The Balaban J connectivity index is 2.30. The number of rotatable bonds is 4. The Morgan fingerprint density at radius 3 is 2.67 bits per heavy atom. The van der Waals surface area contributed by atoms with Crippen molar-refractivity contribution in [1.82, 2.24) is 0 Å². The van der Waals surface area contributed by atoms with E-state index in [1.54, 1.807) is 0 Å². The second-order valence-electron chi connectivity index (χ2n) is 4.95. The minimum Gasteiger partial charge on any atom is -0.409 e. The molecular weight excluding hydrogens is 286 g/mol. The van der Waals surface area contributed by atoms with E-state index in [0.717, 1.165) is 21.8 Å². The Kier molecular flexibility index (Phi) is 4.70. The second-order valence-corrected chi connectivity index (χ2v) is 5.36. The topological polar surface area (TPSA) is 61.8 Å². The van der Waals surface area contributed by atoms with Crippen LogP contribution in [0.25, 0.3) is 0 Å².